The topological polar surface area (TPSA) is 76.1 Å². The number of carbonyl (C=O) groups excluding carboxylic acids is 1. The van der Waals surface area contributed by atoms with Gasteiger partial charge in [-0.25, -0.2) is 8.42 Å². The number of fused-ring (bicyclic) bond motifs is 2. The van der Waals surface area contributed by atoms with Gasteiger partial charge < -0.3 is 14.4 Å². The predicted molar refractivity (Wildman–Crippen MR) is 112 cm³/mol. The van der Waals surface area contributed by atoms with Crippen LogP contribution in [0.4, 0.5) is 0 Å². The molecule has 0 aromatic heterocycles. The van der Waals surface area contributed by atoms with Crippen molar-refractivity contribution in [3.8, 4) is 5.75 Å². The molecule has 2 aliphatic rings. The molecular weight excluding hydrogens is 404 g/mol. The highest BCUT2D eigenvalue weighted by Gasteiger charge is 2.43. The van der Waals surface area contributed by atoms with Gasteiger partial charge in [-0.3, -0.25) is 4.79 Å². The molecular formula is C22H26N2O5S. The average molecular weight is 431 g/mol. The summed E-state index contributed by atoms with van der Waals surface area (Å²) in [4.78, 5) is 14.3. The van der Waals surface area contributed by atoms with E-state index in [9.17, 15) is 13.2 Å². The molecule has 0 unspecified atom stereocenters. The zero-order valence-electron chi connectivity index (χ0n) is 16.9. The van der Waals surface area contributed by atoms with Crippen LogP contribution in [-0.2, 0) is 26.1 Å². The maximum atomic E-state index is 13.7. The van der Waals surface area contributed by atoms with E-state index < -0.39 is 10.0 Å². The molecule has 0 saturated carbocycles. The van der Waals surface area contributed by atoms with Gasteiger partial charge in [0.05, 0.1) is 6.04 Å². The highest BCUT2D eigenvalue weighted by molar-refractivity contribution is 7.89. The summed E-state index contributed by atoms with van der Waals surface area (Å²) in [5.74, 6) is 0.284. The molecule has 2 heterocycles. The third kappa shape index (κ3) is 4.08. The average Bonchev–Trinajstić information content (AvgIpc) is 2.99. The first-order chi connectivity index (χ1) is 14.5. The fraction of sp³-hybridized carbons (Fsp3) is 0.409. The second-order valence-electron chi connectivity index (χ2n) is 7.60. The molecule has 30 heavy (non-hydrogen) atoms. The first kappa shape index (κ1) is 20.8. The Morgan fingerprint density at radius 3 is 2.53 bits per heavy atom. The smallest absolute Gasteiger partial charge is 0.248 e. The van der Waals surface area contributed by atoms with Crippen molar-refractivity contribution in [1.29, 1.82) is 0 Å². The molecule has 160 valence electrons. The molecule has 2 aromatic rings. The number of rotatable bonds is 4. The number of benzene rings is 2. The first-order valence-electron chi connectivity index (χ1n) is 10.1. The minimum absolute atomic E-state index is 0.0189. The van der Waals surface area contributed by atoms with E-state index in [2.05, 4.69) is 0 Å². The molecule has 2 aliphatic heterocycles. The molecule has 2 atom stereocenters. The second-order valence-corrected chi connectivity index (χ2v) is 9.46. The van der Waals surface area contributed by atoms with E-state index in [-0.39, 0.29) is 36.1 Å². The number of likely N-dealkylation sites (tertiary alicyclic amines) is 1. The van der Waals surface area contributed by atoms with Gasteiger partial charge in [-0.1, -0.05) is 42.5 Å². The molecule has 4 rings (SSSR count). The maximum Gasteiger partial charge on any atom is 0.248 e. The Balaban J connectivity index is 1.72. The highest BCUT2D eigenvalue weighted by Crippen LogP contribution is 2.37. The Labute approximate surface area is 177 Å². The molecule has 0 spiro atoms. The van der Waals surface area contributed by atoms with Gasteiger partial charge in [-0.15, -0.1) is 0 Å². The first-order valence-corrected chi connectivity index (χ1v) is 11.5. The Morgan fingerprint density at radius 1 is 1.07 bits per heavy atom. The van der Waals surface area contributed by atoms with Crippen LogP contribution < -0.4 is 4.74 Å². The Bertz CT molecular complexity index is 996. The van der Waals surface area contributed by atoms with Crippen LogP contribution in [0.25, 0.3) is 0 Å². The number of nitrogens with zero attached hydrogens (tertiary/aromatic N) is 2. The van der Waals surface area contributed by atoms with Gasteiger partial charge in [0.25, 0.3) is 0 Å². The summed E-state index contributed by atoms with van der Waals surface area (Å²) in [5.41, 5.74) is 0.913. The summed E-state index contributed by atoms with van der Waals surface area (Å²) in [6.45, 7) is 1.24. The van der Waals surface area contributed by atoms with E-state index in [4.69, 9.17) is 9.47 Å². The van der Waals surface area contributed by atoms with Crippen molar-refractivity contribution in [2.24, 2.45) is 0 Å². The fourth-order valence-corrected chi connectivity index (χ4v) is 5.98. The van der Waals surface area contributed by atoms with E-state index in [1.165, 1.54) is 7.11 Å². The van der Waals surface area contributed by atoms with Gasteiger partial charge in [0.15, 0.2) is 0 Å². The zero-order valence-corrected chi connectivity index (χ0v) is 17.8. The zero-order chi connectivity index (χ0) is 21.1. The third-order valence-corrected chi connectivity index (χ3v) is 7.60. The van der Waals surface area contributed by atoms with Crippen molar-refractivity contribution in [2.45, 2.75) is 36.4 Å². The van der Waals surface area contributed by atoms with Gasteiger partial charge >= 0.3 is 0 Å². The molecule has 0 radical (unpaired) electrons. The molecule has 0 bridgehead atoms. The molecule has 7 nitrogen and oxygen atoms in total. The normalized spacial score (nSPS) is 23.4. The van der Waals surface area contributed by atoms with Crippen molar-refractivity contribution in [1.82, 2.24) is 9.21 Å². The van der Waals surface area contributed by atoms with Gasteiger partial charge in [-0.2, -0.15) is 4.31 Å². The van der Waals surface area contributed by atoms with Crippen LogP contribution in [0.3, 0.4) is 0 Å². The molecule has 1 saturated heterocycles. The largest absolute Gasteiger partial charge is 0.487 e. The summed E-state index contributed by atoms with van der Waals surface area (Å²) < 4.78 is 40.1. The van der Waals surface area contributed by atoms with Crippen molar-refractivity contribution in [2.75, 3.05) is 26.8 Å². The second kappa shape index (κ2) is 8.75. The Morgan fingerprint density at radius 2 is 1.77 bits per heavy atom. The minimum atomic E-state index is -3.77. The number of hydrogen-bond acceptors (Lipinski definition) is 5. The standard InChI is InChI=1S/C22H26N2O5S/c1-28-16-22(25)23-13-11-18-19(12-14-23)29-20-9-5-6-10-21(20)30(26,27)24(18)15-17-7-3-2-4-8-17/h2-10,18-19H,11-16H2,1H3/t18-,19-/m1/s1. The van der Waals surface area contributed by atoms with E-state index in [1.807, 2.05) is 30.3 Å². The van der Waals surface area contributed by atoms with Gasteiger partial charge in [0, 0.05) is 33.2 Å². The van der Waals surface area contributed by atoms with Crippen LogP contribution in [-0.4, -0.2) is 62.5 Å². The summed E-state index contributed by atoms with van der Waals surface area (Å²) in [6.07, 6.45) is 0.711. The van der Waals surface area contributed by atoms with Crippen molar-refractivity contribution in [3.05, 3.63) is 60.2 Å². The molecule has 2 aromatic carbocycles. The van der Waals surface area contributed by atoms with Crippen LogP contribution in [0, 0.1) is 0 Å². The Kier molecular flexibility index (Phi) is 6.08. The number of amides is 1. The summed E-state index contributed by atoms with van der Waals surface area (Å²) in [7, 11) is -2.28. The summed E-state index contributed by atoms with van der Waals surface area (Å²) in [6, 6.07) is 16.0. The van der Waals surface area contributed by atoms with E-state index in [0.717, 1.165) is 5.56 Å². The summed E-state index contributed by atoms with van der Waals surface area (Å²) >= 11 is 0. The van der Waals surface area contributed by atoms with Gasteiger partial charge in [0.2, 0.25) is 15.9 Å². The van der Waals surface area contributed by atoms with Crippen LogP contribution >= 0.6 is 0 Å². The van der Waals surface area contributed by atoms with Crippen molar-refractivity contribution < 1.29 is 22.7 Å². The maximum absolute atomic E-state index is 13.7. The van der Waals surface area contributed by atoms with E-state index >= 15 is 0 Å². The monoisotopic (exact) mass is 430 g/mol. The molecule has 1 fully saturated rings. The molecule has 0 N–H and O–H groups in total. The van der Waals surface area contributed by atoms with E-state index in [0.29, 0.717) is 31.7 Å². The van der Waals surface area contributed by atoms with E-state index in [1.54, 1.807) is 33.5 Å². The summed E-state index contributed by atoms with van der Waals surface area (Å²) in [5, 5.41) is 0. The lowest BCUT2D eigenvalue weighted by molar-refractivity contribution is -0.135. The quantitative estimate of drug-likeness (QED) is 0.744. The molecule has 8 heteroatoms. The van der Waals surface area contributed by atoms with Gasteiger partial charge in [-0.05, 0) is 24.1 Å². The number of methoxy groups -OCH3 is 1. The van der Waals surface area contributed by atoms with Crippen molar-refractivity contribution in [3.63, 3.8) is 0 Å². The molecule has 1 amide bonds. The number of hydrogen-bond donors (Lipinski definition) is 0. The lowest BCUT2D eigenvalue weighted by Gasteiger charge is -2.31. The fourth-order valence-electron chi connectivity index (χ4n) is 4.19. The number of ether oxygens (including phenoxy) is 2. The highest BCUT2D eigenvalue weighted by atomic mass is 32.2. The number of sulfonamides is 1. The van der Waals surface area contributed by atoms with Crippen LogP contribution in [0.15, 0.2) is 59.5 Å². The number of carbonyl (C=O) groups is 1. The number of para-hydroxylation sites is 1. The Hall–Kier alpha value is -2.42. The lowest BCUT2D eigenvalue weighted by Crippen LogP contribution is -2.46. The lowest BCUT2D eigenvalue weighted by atomic mass is 10.1. The third-order valence-electron chi connectivity index (χ3n) is 5.69. The SMILES string of the molecule is COCC(=O)N1CC[C@@H]2[C@@H](CC1)Oc1ccccc1S(=O)(=O)N2Cc1ccccc1. The van der Waals surface area contributed by atoms with Crippen LogP contribution in [0.2, 0.25) is 0 Å². The van der Waals surface area contributed by atoms with Gasteiger partial charge in [0.1, 0.15) is 23.4 Å². The van der Waals surface area contributed by atoms with Crippen molar-refractivity contribution >= 4 is 15.9 Å². The predicted octanol–water partition coefficient (Wildman–Crippen LogP) is 2.28. The van der Waals surface area contributed by atoms with Crippen LogP contribution in [0.5, 0.6) is 5.75 Å². The molecule has 0 aliphatic carbocycles. The minimum Gasteiger partial charge on any atom is -0.487 e. The van der Waals surface area contributed by atoms with Crippen LogP contribution in [0.1, 0.15) is 18.4 Å².